The lowest BCUT2D eigenvalue weighted by atomic mass is 10.2. The third-order valence-electron chi connectivity index (χ3n) is 2.81. The van der Waals surface area contributed by atoms with E-state index in [4.69, 9.17) is 9.47 Å². The van der Waals surface area contributed by atoms with Crippen LogP contribution in [0.2, 0.25) is 0 Å². The van der Waals surface area contributed by atoms with E-state index in [0.29, 0.717) is 33.6 Å². The number of esters is 1. The highest BCUT2D eigenvalue weighted by Gasteiger charge is 2.18. The third-order valence-corrected chi connectivity index (χ3v) is 3.86. The van der Waals surface area contributed by atoms with Gasteiger partial charge in [-0.3, -0.25) is 10.1 Å². The number of thiazole rings is 1. The zero-order chi connectivity index (χ0) is 16.1. The van der Waals surface area contributed by atoms with Crippen molar-refractivity contribution in [1.82, 2.24) is 4.98 Å². The van der Waals surface area contributed by atoms with Crippen molar-refractivity contribution < 1.29 is 19.1 Å². The van der Waals surface area contributed by atoms with Crippen LogP contribution in [0.15, 0.2) is 24.3 Å². The second-order valence-electron chi connectivity index (χ2n) is 4.34. The summed E-state index contributed by atoms with van der Waals surface area (Å²) in [6.07, 6.45) is 0. The van der Waals surface area contributed by atoms with Crippen molar-refractivity contribution in [3.05, 3.63) is 40.4 Å². The van der Waals surface area contributed by atoms with Gasteiger partial charge in [-0.25, -0.2) is 9.78 Å². The van der Waals surface area contributed by atoms with Gasteiger partial charge in [-0.15, -0.1) is 0 Å². The molecule has 116 valence electrons. The molecule has 0 saturated heterocycles. The van der Waals surface area contributed by atoms with Crippen molar-refractivity contribution in [2.45, 2.75) is 13.8 Å². The summed E-state index contributed by atoms with van der Waals surface area (Å²) < 4.78 is 10.0. The Kier molecular flexibility index (Phi) is 5.11. The normalized spacial score (nSPS) is 10.1. The van der Waals surface area contributed by atoms with Gasteiger partial charge in [0.2, 0.25) is 0 Å². The maximum atomic E-state index is 12.2. The minimum atomic E-state index is -0.431. The van der Waals surface area contributed by atoms with E-state index in [9.17, 15) is 9.59 Å². The lowest BCUT2D eigenvalue weighted by molar-refractivity contribution is 0.0531. The molecule has 0 bridgehead atoms. The monoisotopic (exact) mass is 320 g/mol. The van der Waals surface area contributed by atoms with Gasteiger partial charge in [0.15, 0.2) is 5.13 Å². The van der Waals surface area contributed by atoms with Gasteiger partial charge < -0.3 is 9.47 Å². The molecule has 1 aromatic carbocycles. The number of benzene rings is 1. The topological polar surface area (TPSA) is 77.5 Å². The fourth-order valence-corrected chi connectivity index (χ4v) is 2.62. The average Bonchev–Trinajstić information content (AvgIpc) is 2.88. The molecule has 0 aliphatic heterocycles. The first kappa shape index (κ1) is 16.0. The van der Waals surface area contributed by atoms with E-state index in [0.717, 1.165) is 11.3 Å². The van der Waals surface area contributed by atoms with Gasteiger partial charge >= 0.3 is 5.97 Å². The Morgan fingerprint density at radius 2 is 2.14 bits per heavy atom. The number of carbonyl (C=O) groups excluding carboxylic acids is 2. The van der Waals surface area contributed by atoms with Crippen molar-refractivity contribution in [2.75, 3.05) is 19.0 Å². The Labute approximate surface area is 132 Å². The average molecular weight is 320 g/mol. The Hall–Kier alpha value is -2.41. The van der Waals surface area contributed by atoms with Crippen LogP contribution in [0.3, 0.4) is 0 Å². The number of hydrogen-bond donors (Lipinski definition) is 1. The number of anilines is 1. The standard InChI is InChI=1S/C15H16N2O4S/c1-4-21-14(19)12-9(2)16-15(22-12)17-13(18)10-6-5-7-11(8-10)20-3/h5-8H,4H2,1-3H3,(H,16,17,18). The molecule has 1 N–H and O–H groups in total. The fraction of sp³-hybridized carbons (Fsp3) is 0.267. The molecule has 0 saturated carbocycles. The Morgan fingerprint density at radius 3 is 2.82 bits per heavy atom. The lowest BCUT2D eigenvalue weighted by Crippen LogP contribution is -2.11. The molecular weight excluding hydrogens is 304 g/mol. The molecule has 0 unspecified atom stereocenters. The maximum Gasteiger partial charge on any atom is 0.350 e. The molecule has 0 fully saturated rings. The van der Waals surface area contributed by atoms with Gasteiger partial charge in [-0.1, -0.05) is 17.4 Å². The predicted molar refractivity (Wildman–Crippen MR) is 83.8 cm³/mol. The van der Waals surface area contributed by atoms with Gasteiger partial charge in [0.1, 0.15) is 10.6 Å². The largest absolute Gasteiger partial charge is 0.497 e. The third kappa shape index (κ3) is 3.62. The minimum Gasteiger partial charge on any atom is -0.497 e. The first-order valence-corrected chi connectivity index (χ1v) is 7.46. The summed E-state index contributed by atoms with van der Waals surface area (Å²) in [7, 11) is 1.53. The Bertz CT molecular complexity index is 697. The number of amides is 1. The van der Waals surface area contributed by atoms with Crippen LogP contribution in [0.4, 0.5) is 5.13 Å². The number of aromatic nitrogens is 1. The maximum absolute atomic E-state index is 12.2. The van der Waals surface area contributed by atoms with Crippen LogP contribution in [-0.4, -0.2) is 30.6 Å². The van der Waals surface area contributed by atoms with Crippen LogP contribution in [0.5, 0.6) is 5.75 Å². The van der Waals surface area contributed by atoms with Crippen molar-refractivity contribution >= 4 is 28.3 Å². The van der Waals surface area contributed by atoms with E-state index in [2.05, 4.69) is 10.3 Å². The summed E-state index contributed by atoms with van der Waals surface area (Å²) in [5.74, 6) is -0.155. The SMILES string of the molecule is CCOC(=O)c1sc(NC(=O)c2cccc(OC)c2)nc1C. The molecule has 2 rings (SSSR count). The van der Waals surface area contributed by atoms with Crippen LogP contribution in [0, 0.1) is 6.92 Å². The zero-order valence-electron chi connectivity index (χ0n) is 12.5. The number of aryl methyl sites for hydroxylation is 1. The predicted octanol–water partition coefficient (Wildman–Crippen LogP) is 2.89. The van der Waals surface area contributed by atoms with Gasteiger partial charge in [-0.2, -0.15) is 0 Å². The lowest BCUT2D eigenvalue weighted by Gasteiger charge is -2.04. The van der Waals surface area contributed by atoms with Crippen molar-refractivity contribution in [3.8, 4) is 5.75 Å². The summed E-state index contributed by atoms with van der Waals surface area (Å²) in [5, 5.41) is 3.03. The molecule has 0 radical (unpaired) electrons. The molecule has 1 aromatic heterocycles. The summed E-state index contributed by atoms with van der Waals surface area (Å²) in [5.41, 5.74) is 0.981. The van der Waals surface area contributed by atoms with E-state index >= 15 is 0 Å². The molecule has 2 aromatic rings. The molecule has 22 heavy (non-hydrogen) atoms. The molecule has 0 aliphatic rings. The molecule has 6 nitrogen and oxygen atoms in total. The number of rotatable bonds is 5. The first-order valence-electron chi connectivity index (χ1n) is 6.65. The van der Waals surface area contributed by atoms with Crippen LogP contribution in [-0.2, 0) is 4.74 Å². The van der Waals surface area contributed by atoms with Crippen LogP contribution in [0.25, 0.3) is 0 Å². The smallest absolute Gasteiger partial charge is 0.350 e. The zero-order valence-corrected chi connectivity index (χ0v) is 13.3. The molecule has 7 heteroatoms. The van der Waals surface area contributed by atoms with Crippen molar-refractivity contribution in [1.29, 1.82) is 0 Å². The minimum absolute atomic E-state index is 0.293. The van der Waals surface area contributed by atoms with Gasteiger partial charge in [0.25, 0.3) is 5.91 Å². The van der Waals surface area contributed by atoms with Crippen LogP contribution >= 0.6 is 11.3 Å². The highest BCUT2D eigenvalue weighted by Crippen LogP contribution is 2.24. The van der Waals surface area contributed by atoms with Crippen LogP contribution < -0.4 is 10.1 Å². The van der Waals surface area contributed by atoms with Crippen molar-refractivity contribution in [2.24, 2.45) is 0 Å². The fourth-order valence-electron chi connectivity index (χ4n) is 1.77. The second kappa shape index (κ2) is 7.04. The highest BCUT2D eigenvalue weighted by molar-refractivity contribution is 7.17. The highest BCUT2D eigenvalue weighted by atomic mass is 32.1. The number of nitrogens with one attached hydrogen (secondary N) is 1. The number of methoxy groups -OCH3 is 1. The Balaban J connectivity index is 2.15. The second-order valence-corrected chi connectivity index (χ2v) is 5.34. The summed E-state index contributed by atoms with van der Waals surface area (Å²) in [6.45, 7) is 3.73. The molecule has 1 amide bonds. The van der Waals surface area contributed by atoms with E-state index < -0.39 is 5.97 Å². The van der Waals surface area contributed by atoms with Gasteiger partial charge in [0, 0.05) is 5.56 Å². The number of nitrogens with zero attached hydrogens (tertiary/aromatic N) is 1. The summed E-state index contributed by atoms with van der Waals surface area (Å²) in [4.78, 5) is 28.5. The van der Waals surface area contributed by atoms with E-state index in [1.807, 2.05) is 0 Å². The quantitative estimate of drug-likeness (QED) is 0.857. The molecule has 1 heterocycles. The molecule has 0 spiro atoms. The van der Waals surface area contributed by atoms with E-state index in [1.165, 1.54) is 7.11 Å². The summed E-state index contributed by atoms with van der Waals surface area (Å²) >= 11 is 1.09. The molecular formula is C15H16N2O4S. The van der Waals surface area contributed by atoms with E-state index in [1.54, 1.807) is 38.1 Å². The first-order chi connectivity index (χ1) is 10.5. The van der Waals surface area contributed by atoms with Gasteiger partial charge in [-0.05, 0) is 32.0 Å². The van der Waals surface area contributed by atoms with Gasteiger partial charge in [0.05, 0.1) is 19.4 Å². The molecule has 0 atom stereocenters. The number of hydrogen-bond acceptors (Lipinski definition) is 6. The van der Waals surface area contributed by atoms with Crippen LogP contribution in [0.1, 0.15) is 32.6 Å². The number of ether oxygens (including phenoxy) is 2. The van der Waals surface area contributed by atoms with Crippen molar-refractivity contribution in [3.63, 3.8) is 0 Å². The summed E-state index contributed by atoms with van der Waals surface area (Å²) in [6, 6.07) is 6.78. The Morgan fingerprint density at radius 1 is 1.36 bits per heavy atom. The molecule has 0 aliphatic carbocycles. The number of carbonyl (C=O) groups is 2. The van der Waals surface area contributed by atoms with E-state index in [-0.39, 0.29) is 5.91 Å².